The molecule has 2 N–H and O–H groups in total. The first-order valence-electron chi connectivity index (χ1n) is 8.28. The third-order valence-electron chi connectivity index (χ3n) is 4.24. The fourth-order valence-electron chi connectivity index (χ4n) is 2.87. The molecule has 0 radical (unpaired) electrons. The Bertz CT molecular complexity index is 961. The molecule has 1 aliphatic heterocycles. The van der Waals surface area contributed by atoms with Crippen LogP contribution in [-0.4, -0.2) is 42.5 Å². The summed E-state index contributed by atoms with van der Waals surface area (Å²) in [5.74, 6) is -0.486. The molecule has 7 nitrogen and oxygen atoms in total. The predicted octanol–water partition coefficient (Wildman–Crippen LogP) is 2.35. The molecule has 142 valence electrons. The van der Waals surface area contributed by atoms with Crippen LogP contribution in [0.4, 0.5) is 0 Å². The summed E-state index contributed by atoms with van der Waals surface area (Å²) in [6.45, 7) is 0.256. The maximum absolute atomic E-state index is 12.8. The van der Waals surface area contributed by atoms with Crippen molar-refractivity contribution in [3.05, 3.63) is 59.1 Å². The molecule has 2 aromatic carbocycles. The van der Waals surface area contributed by atoms with Crippen molar-refractivity contribution in [1.29, 1.82) is 0 Å². The third kappa shape index (κ3) is 4.29. The molecule has 1 saturated heterocycles. The maximum atomic E-state index is 12.8. The average molecular weight is 408 g/mol. The van der Waals surface area contributed by atoms with E-state index in [-0.39, 0.29) is 17.2 Å². The van der Waals surface area contributed by atoms with Crippen LogP contribution in [0.1, 0.15) is 18.4 Å². The Balaban J connectivity index is 1.73. The summed E-state index contributed by atoms with van der Waals surface area (Å²) >= 11 is 5.81. The minimum absolute atomic E-state index is 0.0308. The van der Waals surface area contributed by atoms with E-state index in [0.717, 1.165) is 0 Å². The second-order valence-electron chi connectivity index (χ2n) is 6.02. The highest BCUT2D eigenvalue weighted by molar-refractivity contribution is 7.89. The summed E-state index contributed by atoms with van der Waals surface area (Å²) in [6, 6.07) is 11.5. The molecule has 0 bridgehead atoms. The Hall–Kier alpha value is -2.42. The minimum atomic E-state index is -3.81. The molecule has 0 unspecified atom stereocenters. The first kappa shape index (κ1) is 19.3. The van der Waals surface area contributed by atoms with Crippen LogP contribution in [0, 0.1) is 0 Å². The number of hydrogen-bond donors (Lipinski definition) is 2. The third-order valence-corrected chi connectivity index (χ3v) is 6.42. The normalized spacial score (nSPS) is 18.0. The van der Waals surface area contributed by atoms with Crippen molar-refractivity contribution in [2.24, 2.45) is 5.10 Å². The molecule has 0 saturated carbocycles. The van der Waals surface area contributed by atoms with Crippen molar-refractivity contribution in [1.82, 2.24) is 9.73 Å². The number of benzene rings is 2. The number of sulfonamides is 1. The van der Waals surface area contributed by atoms with Crippen LogP contribution < -0.4 is 5.43 Å². The van der Waals surface area contributed by atoms with Gasteiger partial charge in [0.25, 0.3) is 5.91 Å². The second-order valence-corrected chi connectivity index (χ2v) is 8.35. The van der Waals surface area contributed by atoms with Crippen LogP contribution >= 0.6 is 11.6 Å². The standard InChI is InChI=1S/C18H18ClN3O4S/c19-14-7-9-15(10-8-14)27(25,26)22-11-3-5-16(22)18(24)21-20-12-13-4-1-2-6-17(13)23/h1-2,4,6-10,12,16,23H,3,5,11H2,(H,21,24)/b20-12-/t16-/m0/s1. The van der Waals surface area contributed by atoms with Crippen molar-refractivity contribution in [2.75, 3.05) is 6.54 Å². The summed E-state index contributed by atoms with van der Waals surface area (Å²) in [5, 5.41) is 13.9. The number of carbonyl (C=O) groups is 1. The first-order valence-corrected chi connectivity index (χ1v) is 10.1. The highest BCUT2D eigenvalue weighted by Crippen LogP contribution is 2.27. The molecule has 27 heavy (non-hydrogen) atoms. The predicted molar refractivity (Wildman–Crippen MR) is 102 cm³/mol. The van der Waals surface area contributed by atoms with E-state index in [0.29, 0.717) is 23.4 Å². The molecule has 1 fully saturated rings. The summed E-state index contributed by atoms with van der Waals surface area (Å²) in [6.07, 6.45) is 2.29. The zero-order chi connectivity index (χ0) is 19.4. The lowest BCUT2D eigenvalue weighted by Crippen LogP contribution is -2.44. The molecule has 0 spiro atoms. The van der Waals surface area contributed by atoms with Crippen LogP contribution in [0.15, 0.2) is 58.5 Å². The average Bonchev–Trinajstić information content (AvgIpc) is 3.14. The number of phenols is 1. The van der Waals surface area contributed by atoms with Gasteiger partial charge in [-0.15, -0.1) is 0 Å². The summed E-state index contributed by atoms with van der Waals surface area (Å²) in [7, 11) is -3.81. The first-order chi connectivity index (χ1) is 12.9. The van der Waals surface area contributed by atoms with E-state index in [9.17, 15) is 18.3 Å². The van der Waals surface area contributed by atoms with E-state index in [1.807, 2.05) is 0 Å². The van der Waals surface area contributed by atoms with Crippen molar-refractivity contribution in [3.63, 3.8) is 0 Å². The Morgan fingerprint density at radius 3 is 2.63 bits per heavy atom. The van der Waals surface area contributed by atoms with Crippen molar-refractivity contribution >= 4 is 33.7 Å². The van der Waals surface area contributed by atoms with E-state index in [4.69, 9.17) is 11.6 Å². The van der Waals surface area contributed by atoms with E-state index >= 15 is 0 Å². The fraction of sp³-hybridized carbons (Fsp3) is 0.222. The lowest BCUT2D eigenvalue weighted by molar-refractivity contribution is -0.124. The van der Waals surface area contributed by atoms with Gasteiger partial charge in [-0.05, 0) is 49.2 Å². The number of hydrazone groups is 1. The van der Waals surface area contributed by atoms with Gasteiger partial charge < -0.3 is 5.11 Å². The van der Waals surface area contributed by atoms with Crippen molar-refractivity contribution < 1.29 is 18.3 Å². The number of halogens is 1. The maximum Gasteiger partial charge on any atom is 0.258 e. The van der Waals surface area contributed by atoms with Gasteiger partial charge in [-0.2, -0.15) is 9.41 Å². The number of phenolic OH excluding ortho intramolecular Hbond substituents is 1. The number of hydrogen-bond acceptors (Lipinski definition) is 5. The molecule has 2 aromatic rings. The lowest BCUT2D eigenvalue weighted by Gasteiger charge is -2.22. The van der Waals surface area contributed by atoms with Crippen LogP contribution in [-0.2, 0) is 14.8 Å². The van der Waals surface area contributed by atoms with Gasteiger partial charge in [0.2, 0.25) is 10.0 Å². The van der Waals surface area contributed by atoms with Crippen LogP contribution in [0.2, 0.25) is 5.02 Å². The smallest absolute Gasteiger partial charge is 0.258 e. The fourth-order valence-corrected chi connectivity index (χ4v) is 4.65. The number of nitrogens with one attached hydrogen (secondary N) is 1. The van der Waals surface area contributed by atoms with E-state index in [1.54, 1.807) is 18.2 Å². The van der Waals surface area contributed by atoms with Gasteiger partial charge in [0.05, 0.1) is 11.1 Å². The zero-order valence-corrected chi connectivity index (χ0v) is 15.8. The molecule has 0 aliphatic carbocycles. The van der Waals surface area contributed by atoms with Gasteiger partial charge >= 0.3 is 0 Å². The van der Waals surface area contributed by atoms with Crippen molar-refractivity contribution in [3.8, 4) is 5.75 Å². The van der Waals surface area contributed by atoms with Gasteiger partial charge in [0.15, 0.2) is 0 Å². The van der Waals surface area contributed by atoms with Gasteiger partial charge in [-0.25, -0.2) is 13.8 Å². The molecule has 3 rings (SSSR count). The lowest BCUT2D eigenvalue weighted by atomic mass is 10.2. The van der Waals surface area contributed by atoms with Gasteiger partial charge in [0.1, 0.15) is 11.8 Å². The van der Waals surface area contributed by atoms with Crippen LogP contribution in [0.5, 0.6) is 5.75 Å². The number of amides is 1. The molecule has 1 amide bonds. The monoisotopic (exact) mass is 407 g/mol. The Kier molecular flexibility index (Phi) is 5.79. The molecule has 1 aliphatic rings. The Morgan fingerprint density at radius 2 is 1.93 bits per heavy atom. The van der Waals surface area contributed by atoms with Gasteiger partial charge in [0, 0.05) is 17.1 Å². The number of nitrogens with zero attached hydrogens (tertiary/aromatic N) is 2. The summed E-state index contributed by atoms with van der Waals surface area (Å²) in [5.41, 5.74) is 2.79. The Morgan fingerprint density at radius 1 is 1.22 bits per heavy atom. The quantitative estimate of drug-likeness (QED) is 0.587. The van der Waals surface area contributed by atoms with E-state index in [2.05, 4.69) is 10.5 Å². The topological polar surface area (TPSA) is 99.1 Å². The Labute approximate surface area is 162 Å². The minimum Gasteiger partial charge on any atom is -0.507 e. The molecular formula is C18H18ClN3O4S. The van der Waals surface area contributed by atoms with E-state index < -0.39 is 22.0 Å². The second kappa shape index (κ2) is 8.08. The summed E-state index contributed by atoms with van der Waals surface area (Å²) < 4.78 is 26.8. The SMILES string of the molecule is O=C(N/N=C\c1ccccc1O)[C@@H]1CCCN1S(=O)(=O)c1ccc(Cl)cc1. The van der Waals surface area contributed by atoms with Gasteiger partial charge in [-0.3, -0.25) is 4.79 Å². The van der Waals surface area contributed by atoms with E-state index in [1.165, 1.54) is 40.9 Å². The van der Waals surface area contributed by atoms with Crippen molar-refractivity contribution in [2.45, 2.75) is 23.8 Å². The number of carbonyl (C=O) groups excluding carboxylic acids is 1. The van der Waals surface area contributed by atoms with Crippen LogP contribution in [0.3, 0.4) is 0 Å². The number of para-hydroxylation sites is 1. The largest absolute Gasteiger partial charge is 0.507 e. The highest BCUT2D eigenvalue weighted by Gasteiger charge is 2.39. The number of aromatic hydroxyl groups is 1. The molecule has 1 heterocycles. The van der Waals surface area contributed by atoms with Crippen LogP contribution in [0.25, 0.3) is 0 Å². The highest BCUT2D eigenvalue weighted by atomic mass is 35.5. The number of rotatable bonds is 5. The molecule has 0 aromatic heterocycles. The molecule has 9 heteroatoms. The van der Waals surface area contributed by atoms with Gasteiger partial charge in [-0.1, -0.05) is 23.7 Å². The molecular weight excluding hydrogens is 390 g/mol. The molecule has 1 atom stereocenters. The zero-order valence-electron chi connectivity index (χ0n) is 14.2. The summed E-state index contributed by atoms with van der Waals surface area (Å²) in [4.78, 5) is 12.5.